The fraction of sp³-hybridized carbons (Fsp3) is 0.327. The van der Waals surface area contributed by atoms with Crippen molar-refractivity contribution >= 4 is 49.2 Å². The molecule has 0 saturated carbocycles. The number of allylic oxidation sites excluding steroid dienone is 5. The highest BCUT2D eigenvalue weighted by molar-refractivity contribution is 6.66. The number of amides is 1. The number of carbonyl (C=O) groups excluding carboxylic acids is 1. The van der Waals surface area contributed by atoms with Gasteiger partial charge in [-0.05, 0) is 148 Å². The molecule has 0 unspecified atom stereocenters. The first-order chi connectivity index (χ1) is 28.7. The molecule has 10 nitrogen and oxygen atoms in total. The van der Waals surface area contributed by atoms with Crippen molar-refractivity contribution in [3.63, 3.8) is 0 Å². The molecular weight excluding hydrogens is 765 g/mol. The molecule has 0 radical (unpaired) electrons. The standard InChI is InChI=1S/C49H56N6O4Si/c1-36(2)58-60(8,59-37(3)4)30-12-29-52-48(56)57-35-39-19-25-45(26-20-39)55(44-13-10-9-11-14-44)46-27-23-43(24-28-46)54-53-42-21-17-38(18-22-42)15-16-40-31-41(47(34-50)51-7)33-49(5,6)32-40/h9-11,13-28,31,36-37H,12,29-30,32-33,35H2,1-6,8H3,(H,52,56)/b16-15+,47-41+,54-53+. The molecule has 0 bridgehead atoms. The van der Waals surface area contributed by atoms with Crippen LogP contribution >= 0.6 is 0 Å². The number of para-hydroxylation sites is 1. The van der Waals surface area contributed by atoms with Gasteiger partial charge in [-0.2, -0.15) is 10.2 Å². The summed E-state index contributed by atoms with van der Waals surface area (Å²) in [6.45, 7) is 22.5. The van der Waals surface area contributed by atoms with E-state index in [-0.39, 0.29) is 29.9 Å². The molecule has 0 fully saturated rings. The van der Waals surface area contributed by atoms with E-state index >= 15 is 0 Å². The maximum atomic E-state index is 12.5. The Morgan fingerprint density at radius 2 is 1.43 bits per heavy atom. The molecule has 0 saturated heterocycles. The number of azo groups is 1. The van der Waals surface area contributed by atoms with Crippen molar-refractivity contribution in [2.24, 2.45) is 15.6 Å². The topological polar surface area (TPSA) is 113 Å². The summed E-state index contributed by atoms with van der Waals surface area (Å²) in [6.07, 6.45) is 8.14. The zero-order valence-corrected chi connectivity index (χ0v) is 36.8. The van der Waals surface area contributed by atoms with E-state index in [1.54, 1.807) is 0 Å². The Bertz CT molecular complexity index is 2220. The highest BCUT2D eigenvalue weighted by atomic mass is 28.4. The molecule has 4 aromatic rings. The summed E-state index contributed by atoms with van der Waals surface area (Å²) in [5.41, 5.74) is 8.28. The van der Waals surface area contributed by atoms with Crippen LogP contribution in [-0.4, -0.2) is 33.4 Å². The summed E-state index contributed by atoms with van der Waals surface area (Å²) in [5.74, 6) is 0. The van der Waals surface area contributed by atoms with Gasteiger partial charge >= 0.3 is 14.7 Å². The number of nitrogens with one attached hydrogen (secondary N) is 1. The van der Waals surface area contributed by atoms with Crippen molar-refractivity contribution < 1.29 is 18.4 Å². The van der Waals surface area contributed by atoms with E-state index in [0.29, 0.717) is 13.0 Å². The van der Waals surface area contributed by atoms with Gasteiger partial charge in [0.25, 0.3) is 5.70 Å². The van der Waals surface area contributed by atoms with Crippen LogP contribution in [0.5, 0.6) is 0 Å². The summed E-state index contributed by atoms with van der Waals surface area (Å²) in [5, 5.41) is 21.2. The van der Waals surface area contributed by atoms with Crippen LogP contribution in [0, 0.1) is 23.3 Å². The lowest BCUT2D eigenvalue weighted by Gasteiger charge is -2.31. The predicted octanol–water partition coefficient (Wildman–Crippen LogP) is 13.6. The van der Waals surface area contributed by atoms with E-state index in [1.165, 1.54) is 0 Å². The zero-order chi connectivity index (χ0) is 43.1. The normalized spacial score (nSPS) is 14.8. The van der Waals surface area contributed by atoms with Gasteiger partial charge in [0.1, 0.15) is 6.61 Å². The van der Waals surface area contributed by atoms with Crippen LogP contribution in [0.15, 0.2) is 142 Å². The number of rotatable bonds is 17. The molecule has 1 amide bonds. The minimum Gasteiger partial charge on any atom is -0.445 e. The van der Waals surface area contributed by atoms with Gasteiger partial charge in [-0.15, -0.1) is 0 Å². The monoisotopic (exact) mass is 820 g/mol. The molecule has 0 aromatic heterocycles. The Labute approximate surface area is 357 Å². The lowest BCUT2D eigenvalue weighted by atomic mass is 9.74. The van der Waals surface area contributed by atoms with Crippen molar-refractivity contribution in [1.29, 1.82) is 5.26 Å². The number of carbonyl (C=O) groups is 1. The summed E-state index contributed by atoms with van der Waals surface area (Å²) in [4.78, 5) is 18.1. The number of nitrogens with zero attached hydrogens (tertiary/aromatic N) is 5. The molecule has 1 aliphatic carbocycles. The average molecular weight is 821 g/mol. The third kappa shape index (κ3) is 13.7. The molecule has 0 atom stereocenters. The molecule has 5 rings (SSSR count). The van der Waals surface area contributed by atoms with Crippen molar-refractivity contribution in [2.75, 3.05) is 11.4 Å². The van der Waals surface area contributed by atoms with Crippen molar-refractivity contribution in [2.45, 2.75) is 92.2 Å². The van der Waals surface area contributed by atoms with Crippen molar-refractivity contribution in [3.8, 4) is 6.07 Å². The SMILES string of the molecule is [C-]#[N+]/C(C#N)=C1C=C(/C=C/c2ccc(/N=N/c3ccc(N(c4ccccc4)c4ccc(COC(=O)NCCC[Si](C)(OC(C)C)OC(C)C)cc4)cc3)cc2)CC(C)(C)C\1. The molecule has 310 valence electrons. The maximum Gasteiger partial charge on any atom is 0.407 e. The third-order valence-corrected chi connectivity index (χ3v) is 12.8. The quantitative estimate of drug-likeness (QED) is 0.0373. The number of hydrogen-bond acceptors (Lipinski definition) is 8. The van der Waals surface area contributed by atoms with E-state index < -0.39 is 14.7 Å². The van der Waals surface area contributed by atoms with Crippen LogP contribution in [0.2, 0.25) is 12.6 Å². The number of hydrogen-bond donors (Lipinski definition) is 1. The molecule has 1 N–H and O–H groups in total. The van der Waals surface area contributed by atoms with Gasteiger partial charge in [-0.3, -0.25) is 0 Å². The summed E-state index contributed by atoms with van der Waals surface area (Å²) in [6, 6.07) is 36.7. The van der Waals surface area contributed by atoms with E-state index in [4.69, 9.17) is 20.2 Å². The summed E-state index contributed by atoms with van der Waals surface area (Å²) >= 11 is 0. The second-order valence-electron chi connectivity index (χ2n) is 16.4. The number of nitriles is 1. The van der Waals surface area contributed by atoms with Crippen LogP contribution in [-0.2, 0) is 20.2 Å². The minimum atomic E-state index is -2.34. The van der Waals surface area contributed by atoms with Gasteiger partial charge in [0.15, 0.2) is 0 Å². The summed E-state index contributed by atoms with van der Waals surface area (Å²) in [7, 11) is -2.34. The lowest BCUT2D eigenvalue weighted by molar-refractivity contribution is 0.108. The smallest absolute Gasteiger partial charge is 0.407 e. The van der Waals surface area contributed by atoms with E-state index in [0.717, 1.165) is 69.6 Å². The minimum absolute atomic E-state index is 0.0269. The van der Waals surface area contributed by atoms with Crippen LogP contribution in [0.25, 0.3) is 10.9 Å². The highest BCUT2D eigenvalue weighted by Crippen LogP contribution is 2.40. The second kappa shape index (κ2) is 21.2. The number of benzene rings is 4. The first-order valence-electron chi connectivity index (χ1n) is 20.5. The molecule has 0 spiro atoms. The Kier molecular flexibility index (Phi) is 15.9. The van der Waals surface area contributed by atoms with Crippen LogP contribution < -0.4 is 10.2 Å². The largest absolute Gasteiger partial charge is 0.445 e. The van der Waals surface area contributed by atoms with E-state index in [9.17, 15) is 10.1 Å². The van der Waals surface area contributed by atoms with Gasteiger partial charge in [0.05, 0.1) is 24.0 Å². The molecule has 1 aliphatic rings. The Morgan fingerprint density at radius 1 is 0.867 bits per heavy atom. The van der Waals surface area contributed by atoms with Crippen LogP contribution in [0.3, 0.4) is 0 Å². The maximum absolute atomic E-state index is 12.5. The zero-order valence-electron chi connectivity index (χ0n) is 35.8. The van der Waals surface area contributed by atoms with Gasteiger partial charge in [0.2, 0.25) is 0 Å². The fourth-order valence-corrected chi connectivity index (χ4v) is 10.3. The van der Waals surface area contributed by atoms with Crippen molar-refractivity contribution in [3.05, 3.63) is 155 Å². The average Bonchev–Trinajstić information content (AvgIpc) is 3.21. The predicted molar refractivity (Wildman–Crippen MR) is 243 cm³/mol. The second-order valence-corrected chi connectivity index (χ2v) is 19.6. The Morgan fingerprint density at radius 3 is 2.00 bits per heavy atom. The Hall–Kier alpha value is -6.11. The van der Waals surface area contributed by atoms with Gasteiger partial charge in [0, 0.05) is 35.8 Å². The van der Waals surface area contributed by atoms with Crippen molar-refractivity contribution in [1.82, 2.24) is 5.32 Å². The number of alkyl carbamates (subject to hydrolysis) is 1. The number of ether oxygens (including phenoxy) is 1. The van der Waals surface area contributed by atoms with Crippen LogP contribution in [0.4, 0.5) is 33.2 Å². The fourth-order valence-electron chi connectivity index (χ4n) is 7.23. The van der Waals surface area contributed by atoms with E-state index in [2.05, 4.69) is 63.9 Å². The molecular formula is C49H56N6O4Si. The first kappa shape index (κ1) is 45.0. The summed E-state index contributed by atoms with van der Waals surface area (Å²) < 4.78 is 17.8. The van der Waals surface area contributed by atoms with Crippen LogP contribution in [0.1, 0.15) is 71.9 Å². The van der Waals surface area contributed by atoms with Gasteiger partial charge in [-0.1, -0.05) is 74.5 Å². The molecule has 0 heterocycles. The Balaban J connectivity index is 1.18. The van der Waals surface area contributed by atoms with E-state index in [1.807, 2.05) is 137 Å². The molecule has 4 aromatic carbocycles. The first-order valence-corrected chi connectivity index (χ1v) is 23.0. The van der Waals surface area contributed by atoms with Gasteiger partial charge in [-0.25, -0.2) is 14.9 Å². The molecule has 11 heteroatoms. The van der Waals surface area contributed by atoms with Gasteiger partial charge < -0.3 is 23.8 Å². The highest BCUT2D eigenvalue weighted by Gasteiger charge is 2.33. The lowest BCUT2D eigenvalue weighted by Crippen LogP contribution is -2.43. The molecule has 0 aliphatic heterocycles. The molecule has 60 heavy (non-hydrogen) atoms. The number of anilines is 3. The third-order valence-electron chi connectivity index (χ3n) is 9.63.